The Balaban J connectivity index is 0.00000612. The lowest BCUT2D eigenvalue weighted by atomic mass is 9.80. The van der Waals surface area contributed by atoms with Crippen LogP contribution in [0.5, 0.6) is 0 Å². The standard InChI is InChI=1S/C33H60N.HI/c1-5-7-8-9-10-11-12-13-14-15-16-17-18-19-20-30-21-23-31(24-22-30)32-25-27-33(28-26-32)34(3,4)29-6-2;/h21-24,32-33H,5-20,25-29H2,1-4H3;1H/q+1;/p-1. The third-order valence-electron chi connectivity index (χ3n) is 8.76. The van der Waals surface area contributed by atoms with Gasteiger partial charge in [-0.1, -0.05) is 122 Å². The topological polar surface area (TPSA) is 0 Å². The van der Waals surface area contributed by atoms with E-state index < -0.39 is 0 Å². The molecule has 0 heterocycles. The first-order valence-corrected chi connectivity index (χ1v) is 15.5. The van der Waals surface area contributed by atoms with Crippen LogP contribution >= 0.6 is 0 Å². The van der Waals surface area contributed by atoms with E-state index in [1.807, 2.05) is 0 Å². The molecule has 1 saturated carbocycles. The number of quaternary nitrogens is 1. The minimum Gasteiger partial charge on any atom is -1.00 e. The molecule has 1 aromatic rings. The zero-order chi connectivity index (χ0) is 24.5. The van der Waals surface area contributed by atoms with E-state index in [0.717, 1.165) is 12.0 Å². The molecule has 0 amide bonds. The number of nitrogens with zero attached hydrogens (tertiary/aromatic N) is 1. The summed E-state index contributed by atoms with van der Waals surface area (Å²) >= 11 is 0. The second-order valence-electron chi connectivity index (χ2n) is 12.1. The van der Waals surface area contributed by atoms with Crippen molar-refractivity contribution in [3.05, 3.63) is 35.4 Å². The first-order chi connectivity index (χ1) is 16.6. The fourth-order valence-electron chi connectivity index (χ4n) is 6.35. The van der Waals surface area contributed by atoms with Crippen molar-refractivity contribution < 1.29 is 28.5 Å². The number of rotatable bonds is 19. The lowest BCUT2D eigenvalue weighted by Gasteiger charge is -2.41. The van der Waals surface area contributed by atoms with Gasteiger partial charge in [0.25, 0.3) is 0 Å². The predicted octanol–water partition coefficient (Wildman–Crippen LogP) is 7.23. The molecule has 0 unspecified atom stereocenters. The summed E-state index contributed by atoms with van der Waals surface area (Å²) in [6.07, 6.45) is 28.3. The predicted molar refractivity (Wildman–Crippen MR) is 153 cm³/mol. The fourth-order valence-corrected chi connectivity index (χ4v) is 6.35. The number of benzene rings is 1. The molecule has 0 spiro atoms. The molecule has 0 aromatic heterocycles. The molecular weight excluding hydrogens is 537 g/mol. The van der Waals surface area contributed by atoms with Gasteiger partial charge in [0.2, 0.25) is 0 Å². The second kappa shape index (κ2) is 19.9. The summed E-state index contributed by atoms with van der Waals surface area (Å²) in [6, 6.07) is 10.6. The molecule has 1 aromatic carbocycles. The van der Waals surface area contributed by atoms with Gasteiger partial charge in [-0.2, -0.15) is 0 Å². The van der Waals surface area contributed by atoms with E-state index in [4.69, 9.17) is 0 Å². The van der Waals surface area contributed by atoms with Crippen molar-refractivity contribution in [2.45, 2.75) is 154 Å². The number of hydrogen-bond acceptors (Lipinski definition) is 0. The van der Waals surface area contributed by atoms with Crippen LogP contribution in [-0.2, 0) is 6.42 Å². The summed E-state index contributed by atoms with van der Waals surface area (Å²) < 4.78 is 1.22. The Labute approximate surface area is 237 Å². The van der Waals surface area contributed by atoms with E-state index in [-0.39, 0.29) is 24.0 Å². The molecule has 204 valence electrons. The van der Waals surface area contributed by atoms with Gasteiger partial charge in [-0.05, 0) is 49.1 Å². The highest BCUT2D eigenvalue weighted by molar-refractivity contribution is 5.26. The van der Waals surface area contributed by atoms with Crippen molar-refractivity contribution in [2.24, 2.45) is 0 Å². The van der Waals surface area contributed by atoms with Crippen LogP contribution in [0.15, 0.2) is 24.3 Å². The fraction of sp³-hybridized carbons (Fsp3) is 0.818. The van der Waals surface area contributed by atoms with Crippen molar-refractivity contribution in [1.82, 2.24) is 0 Å². The molecule has 0 aliphatic heterocycles. The minimum atomic E-state index is 0. The van der Waals surface area contributed by atoms with Crippen LogP contribution in [0, 0.1) is 0 Å². The van der Waals surface area contributed by atoms with E-state index in [1.54, 1.807) is 11.1 Å². The van der Waals surface area contributed by atoms with E-state index in [0.29, 0.717) is 0 Å². The smallest absolute Gasteiger partial charge is 0.0886 e. The van der Waals surface area contributed by atoms with Crippen LogP contribution in [0.3, 0.4) is 0 Å². The number of aryl methyl sites for hydroxylation is 1. The number of hydrogen-bond donors (Lipinski definition) is 0. The van der Waals surface area contributed by atoms with Gasteiger partial charge in [0.1, 0.15) is 0 Å². The summed E-state index contributed by atoms with van der Waals surface area (Å²) in [5.41, 5.74) is 3.15. The van der Waals surface area contributed by atoms with Crippen molar-refractivity contribution in [3.8, 4) is 0 Å². The monoisotopic (exact) mass is 597 g/mol. The van der Waals surface area contributed by atoms with Gasteiger partial charge < -0.3 is 28.5 Å². The van der Waals surface area contributed by atoms with E-state index in [9.17, 15) is 0 Å². The molecule has 0 bridgehead atoms. The van der Waals surface area contributed by atoms with Crippen LogP contribution in [0.25, 0.3) is 0 Å². The van der Waals surface area contributed by atoms with Gasteiger partial charge >= 0.3 is 0 Å². The first-order valence-electron chi connectivity index (χ1n) is 15.5. The van der Waals surface area contributed by atoms with Crippen molar-refractivity contribution in [1.29, 1.82) is 0 Å². The number of halogens is 1. The van der Waals surface area contributed by atoms with Gasteiger partial charge in [-0.15, -0.1) is 0 Å². The molecule has 1 nitrogen and oxygen atoms in total. The Morgan fingerprint density at radius 1 is 0.600 bits per heavy atom. The van der Waals surface area contributed by atoms with Crippen LogP contribution in [-0.4, -0.2) is 31.2 Å². The summed E-state index contributed by atoms with van der Waals surface area (Å²) in [5.74, 6) is 0.799. The van der Waals surface area contributed by atoms with Gasteiger partial charge in [0, 0.05) is 12.8 Å². The lowest BCUT2D eigenvalue weighted by Crippen LogP contribution is -3.00. The second-order valence-corrected chi connectivity index (χ2v) is 12.1. The van der Waals surface area contributed by atoms with E-state index in [2.05, 4.69) is 52.2 Å². The average molecular weight is 598 g/mol. The highest BCUT2D eigenvalue weighted by Gasteiger charge is 2.32. The van der Waals surface area contributed by atoms with Crippen LogP contribution in [0.1, 0.15) is 153 Å². The zero-order valence-corrected chi connectivity index (χ0v) is 26.3. The molecule has 0 atom stereocenters. The molecule has 0 N–H and O–H groups in total. The molecule has 35 heavy (non-hydrogen) atoms. The number of unbranched alkanes of at least 4 members (excludes halogenated alkanes) is 13. The Hall–Kier alpha value is -0.0900. The summed E-state index contributed by atoms with van der Waals surface area (Å²) in [4.78, 5) is 0. The molecule has 2 heteroatoms. The Kier molecular flexibility index (Phi) is 18.8. The highest BCUT2D eigenvalue weighted by Crippen LogP contribution is 2.36. The lowest BCUT2D eigenvalue weighted by molar-refractivity contribution is -0.916. The van der Waals surface area contributed by atoms with Crippen molar-refractivity contribution in [2.75, 3.05) is 20.6 Å². The van der Waals surface area contributed by atoms with Crippen molar-refractivity contribution >= 4 is 0 Å². The normalized spacial score (nSPS) is 18.4. The maximum absolute atomic E-state index is 2.45. The van der Waals surface area contributed by atoms with Crippen molar-refractivity contribution in [3.63, 3.8) is 0 Å². The largest absolute Gasteiger partial charge is 1.00 e. The Morgan fingerprint density at radius 2 is 1.06 bits per heavy atom. The van der Waals surface area contributed by atoms with Crippen LogP contribution in [0.4, 0.5) is 0 Å². The Bertz CT molecular complexity index is 600. The van der Waals surface area contributed by atoms with Gasteiger partial charge in [-0.3, -0.25) is 0 Å². The molecule has 0 saturated heterocycles. The summed E-state index contributed by atoms with van der Waals surface area (Å²) in [6.45, 7) is 5.95. The first kappa shape index (κ1) is 32.9. The SMILES string of the molecule is CCCCCCCCCCCCCCCCc1ccc(C2CCC([N+](C)(C)CCC)CC2)cc1.[I-]. The van der Waals surface area contributed by atoms with E-state index >= 15 is 0 Å². The van der Waals surface area contributed by atoms with Gasteiger partial charge in [0.05, 0.1) is 26.7 Å². The third-order valence-corrected chi connectivity index (χ3v) is 8.76. The third kappa shape index (κ3) is 13.9. The van der Waals surface area contributed by atoms with Crippen LogP contribution < -0.4 is 24.0 Å². The molecule has 1 fully saturated rings. The quantitative estimate of drug-likeness (QED) is 0.0897. The maximum Gasteiger partial charge on any atom is 0.0886 e. The molecule has 0 radical (unpaired) electrons. The molecule has 2 rings (SSSR count). The molecular formula is C33H60IN. The average Bonchev–Trinajstić information content (AvgIpc) is 2.85. The summed E-state index contributed by atoms with van der Waals surface area (Å²) in [7, 11) is 4.89. The van der Waals surface area contributed by atoms with Gasteiger partial charge in [0.15, 0.2) is 0 Å². The molecule has 1 aliphatic carbocycles. The Morgan fingerprint density at radius 3 is 1.51 bits per heavy atom. The summed E-state index contributed by atoms with van der Waals surface area (Å²) in [5, 5.41) is 0. The van der Waals surface area contributed by atoms with E-state index in [1.165, 1.54) is 139 Å². The molecule has 1 aliphatic rings. The zero-order valence-electron chi connectivity index (χ0n) is 24.1. The highest BCUT2D eigenvalue weighted by atomic mass is 127. The minimum absolute atomic E-state index is 0. The van der Waals surface area contributed by atoms with Crippen LogP contribution in [0.2, 0.25) is 0 Å². The maximum atomic E-state index is 2.45. The van der Waals surface area contributed by atoms with Gasteiger partial charge in [-0.25, -0.2) is 0 Å².